The second-order valence-corrected chi connectivity index (χ2v) is 4.73. The van der Waals surface area contributed by atoms with Gasteiger partial charge >= 0.3 is 5.97 Å². The van der Waals surface area contributed by atoms with Crippen molar-refractivity contribution in [2.24, 2.45) is 0 Å². The summed E-state index contributed by atoms with van der Waals surface area (Å²) in [7, 11) is 0. The topological polar surface area (TPSA) is 137 Å². The largest absolute Gasteiger partial charge is 0.493 e. The lowest BCUT2D eigenvalue weighted by Gasteiger charge is -2.09. The fourth-order valence-corrected chi connectivity index (χ4v) is 2.03. The van der Waals surface area contributed by atoms with Crippen molar-refractivity contribution in [3.05, 3.63) is 29.8 Å². The van der Waals surface area contributed by atoms with Crippen molar-refractivity contribution >= 4 is 17.7 Å². The predicted octanol–water partition coefficient (Wildman–Crippen LogP) is 1.51. The highest BCUT2D eigenvalue weighted by atomic mass is 16.5. The highest BCUT2D eigenvalue weighted by Crippen LogP contribution is 2.28. The number of nitrogen functional groups attached to an aromatic ring is 2. The minimum absolute atomic E-state index is 0.0184. The van der Waals surface area contributed by atoms with Gasteiger partial charge in [-0.15, -0.1) is 0 Å². The average molecular weight is 327 g/mol. The van der Waals surface area contributed by atoms with Crippen LogP contribution in [-0.2, 0) is 9.53 Å². The molecule has 0 spiro atoms. The molecule has 124 valence electrons. The van der Waals surface area contributed by atoms with E-state index in [1.165, 1.54) is 0 Å². The molecule has 0 saturated carbocycles. The highest BCUT2D eigenvalue weighted by molar-refractivity contribution is 5.73. The SMILES string of the molecule is CCOC(=O)CCOc1cccc(-c2nc(N)nc(N)c2C#N)c1. The van der Waals surface area contributed by atoms with Crippen molar-refractivity contribution in [3.8, 4) is 23.1 Å². The molecule has 4 N–H and O–H groups in total. The van der Waals surface area contributed by atoms with Gasteiger partial charge in [0.2, 0.25) is 5.95 Å². The molecule has 24 heavy (non-hydrogen) atoms. The molecule has 1 aromatic carbocycles. The summed E-state index contributed by atoms with van der Waals surface area (Å²) in [5, 5.41) is 9.24. The molecule has 0 amide bonds. The number of carbonyl (C=O) groups excluding carboxylic acids is 1. The van der Waals surface area contributed by atoms with Crippen molar-refractivity contribution < 1.29 is 14.3 Å². The summed E-state index contributed by atoms with van der Waals surface area (Å²) < 4.78 is 10.4. The standard InChI is InChI=1S/C16H17N5O3/c1-2-23-13(22)6-7-24-11-5-3-4-10(8-11)14-12(9-17)15(18)21-16(19)20-14/h3-5,8H,2,6-7H2,1H3,(H4,18,19,20,21). The number of ether oxygens (including phenoxy) is 2. The number of benzene rings is 1. The third kappa shape index (κ3) is 4.10. The number of nitriles is 1. The molecule has 8 heteroatoms. The summed E-state index contributed by atoms with van der Waals surface area (Å²) in [5.41, 5.74) is 12.4. The Hall–Kier alpha value is -3.34. The molecular formula is C16H17N5O3. The number of esters is 1. The van der Waals surface area contributed by atoms with Crippen molar-refractivity contribution in [1.82, 2.24) is 9.97 Å². The van der Waals surface area contributed by atoms with Crippen LogP contribution in [0.4, 0.5) is 11.8 Å². The van der Waals surface area contributed by atoms with E-state index in [1.807, 2.05) is 6.07 Å². The van der Waals surface area contributed by atoms with Crippen LogP contribution in [0, 0.1) is 11.3 Å². The van der Waals surface area contributed by atoms with Gasteiger partial charge in [-0.1, -0.05) is 12.1 Å². The maximum absolute atomic E-state index is 11.3. The van der Waals surface area contributed by atoms with Gasteiger partial charge in [-0.3, -0.25) is 4.79 Å². The van der Waals surface area contributed by atoms with E-state index in [-0.39, 0.29) is 36.3 Å². The number of rotatable bonds is 6. The molecule has 0 fully saturated rings. The number of anilines is 2. The molecule has 0 unspecified atom stereocenters. The van der Waals surface area contributed by atoms with Gasteiger partial charge in [0.25, 0.3) is 0 Å². The molecule has 0 aliphatic carbocycles. The number of carbonyl (C=O) groups is 1. The van der Waals surface area contributed by atoms with Gasteiger partial charge in [-0.05, 0) is 19.1 Å². The average Bonchev–Trinajstić information content (AvgIpc) is 2.55. The molecule has 2 aromatic rings. The number of nitrogens with zero attached hydrogens (tertiary/aromatic N) is 3. The van der Waals surface area contributed by atoms with Gasteiger partial charge in [-0.25, -0.2) is 4.98 Å². The van der Waals surface area contributed by atoms with Crippen LogP contribution in [-0.4, -0.2) is 29.2 Å². The Morgan fingerprint density at radius 2 is 2.12 bits per heavy atom. The summed E-state index contributed by atoms with van der Waals surface area (Å²) in [6.45, 7) is 2.26. The van der Waals surface area contributed by atoms with Gasteiger partial charge in [0, 0.05) is 5.56 Å². The van der Waals surface area contributed by atoms with Crippen LogP contribution in [0.5, 0.6) is 5.75 Å². The Balaban J connectivity index is 2.20. The minimum Gasteiger partial charge on any atom is -0.493 e. The van der Waals surface area contributed by atoms with Crippen molar-refractivity contribution in [1.29, 1.82) is 5.26 Å². The van der Waals surface area contributed by atoms with E-state index in [9.17, 15) is 10.1 Å². The van der Waals surface area contributed by atoms with Crippen LogP contribution in [0.25, 0.3) is 11.3 Å². The third-order valence-corrected chi connectivity index (χ3v) is 3.05. The van der Waals surface area contributed by atoms with Crippen LogP contribution in [0.2, 0.25) is 0 Å². The third-order valence-electron chi connectivity index (χ3n) is 3.05. The van der Waals surface area contributed by atoms with Gasteiger partial charge in [-0.2, -0.15) is 10.2 Å². The lowest BCUT2D eigenvalue weighted by Crippen LogP contribution is -2.09. The summed E-state index contributed by atoms with van der Waals surface area (Å²) in [4.78, 5) is 19.2. The van der Waals surface area contributed by atoms with Crippen LogP contribution < -0.4 is 16.2 Å². The van der Waals surface area contributed by atoms with Crippen molar-refractivity contribution in [2.45, 2.75) is 13.3 Å². The molecular weight excluding hydrogens is 310 g/mol. The Morgan fingerprint density at radius 3 is 2.83 bits per heavy atom. The monoisotopic (exact) mass is 327 g/mol. The molecule has 1 aromatic heterocycles. The molecule has 0 bridgehead atoms. The smallest absolute Gasteiger partial charge is 0.309 e. The van der Waals surface area contributed by atoms with E-state index in [0.717, 1.165) is 0 Å². The molecule has 1 heterocycles. The first-order valence-corrected chi connectivity index (χ1v) is 7.27. The second kappa shape index (κ2) is 7.78. The Labute approximate surface area is 139 Å². The molecule has 2 rings (SSSR count). The first-order valence-electron chi connectivity index (χ1n) is 7.27. The van der Waals surface area contributed by atoms with Gasteiger partial charge < -0.3 is 20.9 Å². The zero-order valence-electron chi connectivity index (χ0n) is 13.2. The van der Waals surface area contributed by atoms with Crippen LogP contribution in [0.15, 0.2) is 24.3 Å². The summed E-state index contributed by atoms with van der Waals surface area (Å²) in [6, 6.07) is 8.88. The maximum atomic E-state index is 11.3. The first kappa shape index (κ1) is 17.0. The Bertz CT molecular complexity index is 786. The summed E-state index contributed by atoms with van der Waals surface area (Å²) >= 11 is 0. The molecule has 0 aliphatic heterocycles. The van der Waals surface area contributed by atoms with Gasteiger partial charge in [0.15, 0.2) is 0 Å². The summed E-state index contributed by atoms with van der Waals surface area (Å²) in [6.07, 6.45) is 0.148. The molecule has 0 aliphatic rings. The Morgan fingerprint density at radius 1 is 1.33 bits per heavy atom. The minimum atomic E-state index is -0.322. The van der Waals surface area contributed by atoms with E-state index in [2.05, 4.69) is 9.97 Å². The number of hydrogen-bond donors (Lipinski definition) is 2. The zero-order chi connectivity index (χ0) is 17.5. The summed E-state index contributed by atoms with van der Waals surface area (Å²) in [5.74, 6) is 0.206. The second-order valence-electron chi connectivity index (χ2n) is 4.73. The normalized spacial score (nSPS) is 10.0. The predicted molar refractivity (Wildman–Crippen MR) is 87.8 cm³/mol. The van der Waals surface area contributed by atoms with Crippen LogP contribution in [0.1, 0.15) is 18.9 Å². The van der Waals surface area contributed by atoms with Crippen molar-refractivity contribution in [3.63, 3.8) is 0 Å². The van der Waals surface area contributed by atoms with E-state index in [4.69, 9.17) is 20.9 Å². The fraction of sp³-hybridized carbons (Fsp3) is 0.250. The van der Waals surface area contributed by atoms with E-state index in [1.54, 1.807) is 31.2 Å². The lowest BCUT2D eigenvalue weighted by molar-refractivity contribution is -0.143. The lowest BCUT2D eigenvalue weighted by atomic mass is 10.1. The first-order chi connectivity index (χ1) is 11.5. The van der Waals surface area contributed by atoms with Gasteiger partial charge in [0.1, 0.15) is 23.2 Å². The zero-order valence-corrected chi connectivity index (χ0v) is 13.2. The molecule has 0 atom stereocenters. The molecule has 0 radical (unpaired) electrons. The molecule has 8 nitrogen and oxygen atoms in total. The Kier molecular flexibility index (Phi) is 5.52. The van der Waals surface area contributed by atoms with Crippen LogP contribution in [0.3, 0.4) is 0 Å². The number of hydrogen-bond acceptors (Lipinski definition) is 8. The van der Waals surface area contributed by atoms with Gasteiger partial charge in [0.05, 0.1) is 25.3 Å². The highest BCUT2D eigenvalue weighted by Gasteiger charge is 2.13. The quantitative estimate of drug-likeness (QED) is 0.761. The fourth-order valence-electron chi connectivity index (χ4n) is 2.03. The van der Waals surface area contributed by atoms with Crippen molar-refractivity contribution in [2.75, 3.05) is 24.7 Å². The molecule has 0 saturated heterocycles. The number of aromatic nitrogens is 2. The van der Waals surface area contributed by atoms with Crippen LogP contribution >= 0.6 is 0 Å². The van der Waals surface area contributed by atoms with E-state index in [0.29, 0.717) is 23.6 Å². The van der Waals surface area contributed by atoms with E-state index < -0.39 is 0 Å². The maximum Gasteiger partial charge on any atom is 0.309 e. The number of nitrogens with two attached hydrogens (primary N) is 2. The van der Waals surface area contributed by atoms with E-state index >= 15 is 0 Å².